The minimum absolute atomic E-state index is 0.0423. The number of nitrogens with zero attached hydrogens (tertiary/aromatic N) is 2. The minimum atomic E-state index is -1.11. The van der Waals surface area contributed by atoms with Crippen LogP contribution in [0, 0.1) is 0 Å². The van der Waals surface area contributed by atoms with E-state index in [1.54, 1.807) is 33.8 Å². The molecule has 2 heterocycles. The Morgan fingerprint density at radius 3 is 2.59 bits per heavy atom. The van der Waals surface area contributed by atoms with Gasteiger partial charge in [-0.05, 0) is 46.8 Å². The fourth-order valence-corrected chi connectivity index (χ4v) is 2.80. The average molecular weight is 398 g/mol. The molecule has 0 aliphatic carbocycles. The van der Waals surface area contributed by atoms with Crippen LogP contribution < -0.4 is 10.1 Å². The number of ether oxygens (including phenoxy) is 2. The molecule has 148 valence electrons. The number of carbonyl (C=O) groups is 2. The Morgan fingerprint density at radius 2 is 2.04 bits per heavy atom. The molecule has 0 aromatic carbocycles. The van der Waals surface area contributed by atoms with Gasteiger partial charge in [0.25, 0.3) is 0 Å². The van der Waals surface area contributed by atoms with Crippen LogP contribution in [0.4, 0.5) is 4.79 Å². The number of halogens is 1. The Balaban J connectivity index is 2.34. The Labute approximate surface area is 162 Å². The predicted octanol–water partition coefficient (Wildman–Crippen LogP) is 3.87. The Hall–Kier alpha value is -2.48. The van der Waals surface area contributed by atoms with E-state index < -0.39 is 23.7 Å². The van der Waals surface area contributed by atoms with Crippen LogP contribution in [0.25, 0.3) is 11.0 Å². The third-order valence-electron chi connectivity index (χ3n) is 3.63. The lowest BCUT2D eigenvalue weighted by molar-refractivity contribution is 0.0521. The van der Waals surface area contributed by atoms with Gasteiger partial charge < -0.3 is 24.5 Å². The summed E-state index contributed by atoms with van der Waals surface area (Å²) >= 11 is 6.16. The van der Waals surface area contributed by atoms with Gasteiger partial charge in [-0.25, -0.2) is 14.6 Å². The molecule has 8 nitrogen and oxygen atoms in total. The third-order valence-corrected chi connectivity index (χ3v) is 3.90. The van der Waals surface area contributed by atoms with E-state index in [9.17, 15) is 14.7 Å². The number of hydrogen-bond donors (Lipinski definition) is 2. The van der Waals surface area contributed by atoms with Crippen molar-refractivity contribution in [3.8, 4) is 5.75 Å². The molecule has 0 radical (unpaired) electrons. The number of hydrogen-bond acceptors (Lipinski definition) is 5. The van der Waals surface area contributed by atoms with Gasteiger partial charge in [-0.3, -0.25) is 0 Å². The van der Waals surface area contributed by atoms with Crippen LogP contribution >= 0.6 is 11.6 Å². The van der Waals surface area contributed by atoms with Gasteiger partial charge in [-0.1, -0.05) is 11.6 Å². The number of alkyl carbamates (subject to hydrolysis) is 1. The van der Waals surface area contributed by atoms with E-state index in [1.807, 2.05) is 6.92 Å². The normalized spacial score (nSPS) is 12.7. The summed E-state index contributed by atoms with van der Waals surface area (Å²) in [6.45, 7) is 9.45. The van der Waals surface area contributed by atoms with Gasteiger partial charge in [0.05, 0.1) is 12.6 Å². The number of pyridine rings is 1. The van der Waals surface area contributed by atoms with E-state index in [0.29, 0.717) is 23.4 Å². The molecule has 0 aliphatic rings. The topological polar surface area (TPSA) is 103 Å². The first-order valence-electron chi connectivity index (χ1n) is 8.58. The number of carboxylic acids is 1. The zero-order chi connectivity index (χ0) is 20.4. The lowest BCUT2D eigenvalue weighted by Gasteiger charge is -2.22. The molecule has 0 spiro atoms. The van der Waals surface area contributed by atoms with Crippen molar-refractivity contribution in [2.75, 3.05) is 13.2 Å². The van der Waals surface area contributed by atoms with Crippen molar-refractivity contribution < 1.29 is 24.2 Å². The quantitative estimate of drug-likeness (QED) is 0.717. The second-order valence-electron chi connectivity index (χ2n) is 7.06. The van der Waals surface area contributed by atoms with Crippen molar-refractivity contribution >= 4 is 34.7 Å². The molecule has 9 heteroatoms. The van der Waals surface area contributed by atoms with Gasteiger partial charge >= 0.3 is 12.1 Å². The zero-order valence-electron chi connectivity index (χ0n) is 16.0. The highest BCUT2D eigenvalue weighted by molar-refractivity contribution is 6.31. The molecule has 1 amide bonds. The Bertz CT molecular complexity index is 857. The number of amides is 1. The van der Waals surface area contributed by atoms with Gasteiger partial charge in [0.2, 0.25) is 0 Å². The first-order chi connectivity index (χ1) is 12.5. The molecular weight excluding hydrogens is 374 g/mol. The molecule has 0 fully saturated rings. The number of carbonyl (C=O) groups excluding carboxylic acids is 1. The number of fused-ring (bicyclic) bond motifs is 1. The minimum Gasteiger partial charge on any atom is -0.491 e. The van der Waals surface area contributed by atoms with E-state index in [1.165, 1.54) is 10.6 Å². The molecule has 0 unspecified atom stereocenters. The summed E-state index contributed by atoms with van der Waals surface area (Å²) in [5.74, 6) is -0.716. The highest BCUT2D eigenvalue weighted by atomic mass is 35.5. The van der Waals surface area contributed by atoms with Crippen molar-refractivity contribution in [2.45, 2.75) is 46.3 Å². The molecule has 0 saturated carbocycles. The van der Waals surface area contributed by atoms with E-state index in [4.69, 9.17) is 21.1 Å². The maximum absolute atomic E-state index is 11.9. The maximum Gasteiger partial charge on any atom is 0.407 e. The fraction of sp³-hybridized carbons (Fsp3) is 0.500. The average Bonchev–Trinajstić information content (AvgIpc) is 2.90. The second-order valence-corrected chi connectivity index (χ2v) is 7.42. The molecule has 0 saturated heterocycles. The lowest BCUT2D eigenvalue weighted by atomic mass is 10.2. The Kier molecular flexibility index (Phi) is 6.20. The standard InChI is InChI=1S/C18H24ClN3O5/c1-6-26-13-8-11-7-12(16(23)24)22(15(11)21-14(13)19)10(2)9-20-17(25)27-18(3,4)5/h7-8,10H,6,9H2,1-5H3,(H,20,25)(H,23,24)/t10-/m1/s1. The fourth-order valence-electron chi connectivity index (χ4n) is 2.61. The van der Waals surface area contributed by atoms with Crippen molar-refractivity contribution in [1.29, 1.82) is 0 Å². The summed E-state index contributed by atoms with van der Waals surface area (Å²) in [5.41, 5.74) is -0.176. The number of carboxylic acid groups (broad SMARTS) is 1. The summed E-state index contributed by atoms with van der Waals surface area (Å²) in [6, 6.07) is 2.76. The third kappa shape index (κ3) is 5.03. The highest BCUT2D eigenvalue weighted by Crippen LogP contribution is 2.31. The monoisotopic (exact) mass is 397 g/mol. The summed E-state index contributed by atoms with van der Waals surface area (Å²) in [7, 11) is 0. The first-order valence-corrected chi connectivity index (χ1v) is 8.95. The molecule has 2 rings (SSSR count). The largest absolute Gasteiger partial charge is 0.491 e. The smallest absolute Gasteiger partial charge is 0.407 e. The Morgan fingerprint density at radius 1 is 1.37 bits per heavy atom. The summed E-state index contributed by atoms with van der Waals surface area (Å²) in [6.07, 6.45) is -0.577. The van der Waals surface area contributed by atoms with Crippen molar-refractivity contribution in [2.24, 2.45) is 0 Å². The summed E-state index contributed by atoms with van der Waals surface area (Å²) < 4.78 is 12.1. The molecular formula is C18H24ClN3O5. The van der Waals surface area contributed by atoms with E-state index in [2.05, 4.69) is 10.3 Å². The molecule has 2 N–H and O–H groups in total. The summed E-state index contributed by atoms with van der Waals surface area (Å²) in [5, 5.41) is 12.9. The SMILES string of the molecule is CCOc1cc2cc(C(=O)O)n([C@H](C)CNC(=O)OC(C)(C)C)c2nc1Cl. The first kappa shape index (κ1) is 20.8. The number of aromatic carboxylic acids is 1. The van der Waals surface area contributed by atoms with Crippen LogP contribution in [0.5, 0.6) is 5.75 Å². The summed E-state index contributed by atoms with van der Waals surface area (Å²) in [4.78, 5) is 27.9. The van der Waals surface area contributed by atoms with Crippen LogP contribution in [0.15, 0.2) is 12.1 Å². The highest BCUT2D eigenvalue weighted by Gasteiger charge is 2.23. The number of nitrogens with one attached hydrogen (secondary N) is 1. The van der Waals surface area contributed by atoms with Crippen LogP contribution in [0.2, 0.25) is 5.15 Å². The van der Waals surface area contributed by atoms with Crippen LogP contribution in [0.3, 0.4) is 0 Å². The maximum atomic E-state index is 11.9. The number of rotatable bonds is 6. The van der Waals surface area contributed by atoms with Crippen molar-refractivity contribution in [3.63, 3.8) is 0 Å². The van der Waals surface area contributed by atoms with Gasteiger partial charge in [-0.2, -0.15) is 0 Å². The zero-order valence-corrected chi connectivity index (χ0v) is 16.8. The number of aromatic nitrogens is 2. The molecule has 27 heavy (non-hydrogen) atoms. The van der Waals surface area contributed by atoms with E-state index in [-0.39, 0.29) is 17.4 Å². The molecule has 2 aromatic rings. The van der Waals surface area contributed by atoms with Crippen LogP contribution in [-0.4, -0.2) is 45.5 Å². The van der Waals surface area contributed by atoms with Gasteiger partial charge in [0, 0.05) is 11.9 Å². The molecule has 0 aliphatic heterocycles. The van der Waals surface area contributed by atoms with Crippen molar-refractivity contribution in [3.05, 3.63) is 23.0 Å². The van der Waals surface area contributed by atoms with Gasteiger partial charge in [0.1, 0.15) is 16.9 Å². The molecule has 2 aromatic heterocycles. The predicted molar refractivity (Wildman–Crippen MR) is 102 cm³/mol. The van der Waals surface area contributed by atoms with E-state index in [0.717, 1.165) is 0 Å². The lowest BCUT2D eigenvalue weighted by Crippen LogP contribution is -2.35. The second kappa shape index (κ2) is 8.04. The molecule has 0 bridgehead atoms. The van der Waals surface area contributed by atoms with Crippen molar-refractivity contribution in [1.82, 2.24) is 14.9 Å². The van der Waals surface area contributed by atoms with Gasteiger partial charge in [0.15, 0.2) is 10.9 Å². The van der Waals surface area contributed by atoms with Crippen LogP contribution in [-0.2, 0) is 4.74 Å². The van der Waals surface area contributed by atoms with E-state index >= 15 is 0 Å². The van der Waals surface area contributed by atoms with Crippen LogP contribution in [0.1, 0.15) is 51.1 Å². The molecule has 1 atom stereocenters. The van der Waals surface area contributed by atoms with Gasteiger partial charge in [-0.15, -0.1) is 0 Å².